The van der Waals surface area contributed by atoms with Crippen LogP contribution in [-0.2, 0) is 11.3 Å². The molecule has 4 heteroatoms. The molecule has 0 aromatic heterocycles. The number of nitrogens with zero attached hydrogens (tertiary/aromatic N) is 1. The predicted molar refractivity (Wildman–Crippen MR) is 77.9 cm³/mol. The van der Waals surface area contributed by atoms with Crippen molar-refractivity contribution in [2.24, 2.45) is 5.92 Å². The van der Waals surface area contributed by atoms with E-state index in [4.69, 9.17) is 9.47 Å². The van der Waals surface area contributed by atoms with Crippen LogP contribution >= 0.6 is 0 Å². The van der Waals surface area contributed by atoms with Crippen LogP contribution in [0.4, 0.5) is 0 Å². The lowest BCUT2D eigenvalue weighted by molar-refractivity contribution is -0.126. The summed E-state index contributed by atoms with van der Waals surface area (Å²) in [4.78, 5) is 13.8. The van der Waals surface area contributed by atoms with E-state index in [1.165, 1.54) is 18.9 Å². The summed E-state index contributed by atoms with van der Waals surface area (Å²) in [6, 6.07) is 5.66. The Hall–Kier alpha value is -1.97. The van der Waals surface area contributed by atoms with Crippen molar-refractivity contribution < 1.29 is 14.3 Å². The minimum absolute atomic E-state index is 0.0326. The van der Waals surface area contributed by atoms with E-state index in [-0.39, 0.29) is 5.91 Å². The fourth-order valence-electron chi connectivity index (χ4n) is 2.16. The molecule has 108 valence electrons. The highest BCUT2D eigenvalue weighted by Gasteiger charge is 2.26. The molecule has 1 fully saturated rings. The van der Waals surface area contributed by atoms with Gasteiger partial charge in [0.1, 0.15) is 11.5 Å². The lowest BCUT2D eigenvalue weighted by atomic mass is 10.1. The minimum Gasteiger partial charge on any atom is -0.497 e. The van der Waals surface area contributed by atoms with Gasteiger partial charge in [0.2, 0.25) is 5.91 Å². The van der Waals surface area contributed by atoms with E-state index in [9.17, 15) is 4.79 Å². The zero-order valence-corrected chi connectivity index (χ0v) is 12.1. The van der Waals surface area contributed by atoms with Crippen LogP contribution in [0, 0.1) is 5.92 Å². The summed E-state index contributed by atoms with van der Waals surface area (Å²) in [6.45, 7) is 4.91. The number of hydrogen-bond acceptors (Lipinski definition) is 3. The maximum atomic E-state index is 11.9. The van der Waals surface area contributed by atoms with Crippen LogP contribution in [0.15, 0.2) is 30.9 Å². The van der Waals surface area contributed by atoms with E-state index in [0.717, 1.165) is 23.6 Å². The van der Waals surface area contributed by atoms with Gasteiger partial charge >= 0.3 is 0 Å². The lowest BCUT2D eigenvalue weighted by Crippen LogP contribution is -2.31. The number of amides is 1. The molecule has 20 heavy (non-hydrogen) atoms. The first-order valence-electron chi connectivity index (χ1n) is 6.80. The van der Waals surface area contributed by atoms with Gasteiger partial charge in [-0.15, -0.1) is 0 Å². The Labute approximate surface area is 120 Å². The van der Waals surface area contributed by atoms with Gasteiger partial charge in [-0.2, -0.15) is 0 Å². The van der Waals surface area contributed by atoms with E-state index in [1.54, 1.807) is 14.2 Å². The van der Waals surface area contributed by atoms with Gasteiger partial charge < -0.3 is 14.4 Å². The summed E-state index contributed by atoms with van der Waals surface area (Å²) in [5.74, 6) is 2.09. The Morgan fingerprint density at radius 2 is 2.15 bits per heavy atom. The third-order valence-corrected chi connectivity index (χ3v) is 3.52. The maximum Gasteiger partial charge on any atom is 0.246 e. The van der Waals surface area contributed by atoms with E-state index < -0.39 is 0 Å². The van der Waals surface area contributed by atoms with E-state index in [2.05, 4.69) is 6.58 Å². The van der Waals surface area contributed by atoms with Crippen LogP contribution in [0.25, 0.3) is 0 Å². The van der Waals surface area contributed by atoms with Gasteiger partial charge in [0, 0.05) is 24.7 Å². The summed E-state index contributed by atoms with van der Waals surface area (Å²) < 4.78 is 10.6. The molecular formula is C16H21NO3. The van der Waals surface area contributed by atoms with Gasteiger partial charge in [-0.05, 0) is 37.0 Å². The van der Waals surface area contributed by atoms with Gasteiger partial charge in [0.05, 0.1) is 14.2 Å². The topological polar surface area (TPSA) is 38.8 Å². The molecular weight excluding hydrogens is 254 g/mol. The molecule has 1 aliphatic carbocycles. The van der Waals surface area contributed by atoms with Crippen molar-refractivity contribution in [2.75, 3.05) is 20.8 Å². The van der Waals surface area contributed by atoms with Gasteiger partial charge in [0.25, 0.3) is 0 Å². The second-order valence-corrected chi connectivity index (χ2v) is 5.04. The molecule has 1 aliphatic rings. The summed E-state index contributed by atoms with van der Waals surface area (Å²) in [5.41, 5.74) is 0.976. The van der Waals surface area contributed by atoms with E-state index >= 15 is 0 Å². The van der Waals surface area contributed by atoms with E-state index in [1.807, 2.05) is 23.1 Å². The van der Waals surface area contributed by atoms with Crippen LogP contribution in [-0.4, -0.2) is 31.6 Å². The molecule has 0 atom stereocenters. The van der Waals surface area contributed by atoms with Crippen LogP contribution in [0.3, 0.4) is 0 Å². The smallest absolute Gasteiger partial charge is 0.246 e. The Morgan fingerprint density at radius 3 is 2.70 bits per heavy atom. The number of rotatable bonds is 7. The highest BCUT2D eigenvalue weighted by atomic mass is 16.5. The number of carbonyl (C=O) groups excluding carboxylic acids is 1. The molecule has 0 spiro atoms. The van der Waals surface area contributed by atoms with Gasteiger partial charge in [-0.25, -0.2) is 0 Å². The monoisotopic (exact) mass is 275 g/mol. The summed E-state index contributed by atoms with van der Waals surface area (Å²) in [7, 11) is 3.24. The van der Waals surface area contributed by atoms with Gasteiger partial charge in [-0.1, -0.05) is 6.58 Å². The summed E-state index contributed by atoms with van der Waals surface area (Å²) in [6.07, 6.45) is 3.79. The first-order valence-corrected chi connectivity index (χ1v) is 6.80. The first-order chi connectivity index (χ1) is 9.67. The zero-order valence-electron chi connectivity index (χ0n) is 12.1. The highest BCUT2D eigenvalue weighted by Crippen LogP contribution is 2.31. The first kappa shape index (κ1) is 14.4. The largest absolute Gasteiger partial charge is 0.497 e. The SMILES string of the molecule is C=CC(=O)N(Cc1ccc(OC)cc1OC)CC1CC1. The van der Waals surface area contributed by atoms with Crippen molar-refractivity contribution in [1.82, 2.24) is 4.90 Å². The molecule has 1 saturated carbocycles. The molecule has 2 rings (SSSR count). The van der Waals surface area contributed by atoms with Crippen molar-refractivity contribution in [2.45, 2.75) is 19.4 Å². The van der Waals surface area contributed by atoms with Crippen molar-refractivity contribution in [3.05, 3.63) is 36.4 Å². The van der Waals surface area contributed by atoms with Crippen LogP contribution in [0.2, 0.25) is 0 Å². The minimum atomic E-state index is -0.0326. The van der Waals surface area contributed by atoms with Crippen LogP contribution < -0.4 is 9.47 Å². The van der Waals surface area contributed by atoms with Crippen molar-refractivity contribution in [3.63, 3.8) is 0 Å². The van der Waals surface area contributed by atoms with Crippen molar-refractivity contribution >= 4 is 5.91 Å². The molecule has 1 amide bonds. The third kappa shape index (κ3) is 3.53. The van der Waals surface area contributed by atoms with Gasteiger partial charge in [-0.3, -0.25) is 4.79 Å². The number of hydrogen-bond donors (Lipinski definition) is 0. The summed E-state index contributed by atoms with van der Waals surface area (Å²) in [5, 5.41) is 0. The molecule has 0 radical (unpaired) electrons. The molecule has 4 nitrogen and oxygen atoms in total. The van der Waals surface area contributed by atoms with Crippen molar-refractivity contribution in [1.29, 1.82) is 0 Å². The third-order valence-electron chi connectivity index (χ3n) is 3.52. The Kier molecular flexibility index (Phi) is 4.66. The van der Waals surface area contributed by atoms with E-state index in [0.29, 0.717) is 12.5 Å². The Bertz CT molecular complexity index is 494. The molecule has 1 aromatic carbocycles. The fraction of sp³-hybridized carbons (Fsp3) is 0.438. The number of benzene rings is 1. The van der Waals surface area contributed by atoms with Crippen molar-refractivity contribution in [3.8, 4) is 11.5 Å². The quantitative estimate of drug-likeness (QED) is 0.718. The molecule has 1 aromatic rings. The molecule has 0 bridgehead atoms. The average Bonchev–Trinajstić information content (AvgIpc) is 3.30. The molecule has 0 heterocycles. The maximum absolute atomic E-state index is 11.9. The lowest BCUT2D eigenvalue weighted by Gasteiger charge is -2.22. The van der Waals surface area contributed by atoms with Crippen LogP contribution in [0.1, 0.15) is 18.4 Å². The zero-order chi connectivity index (χ0) is 14.5. The second kappa shape index (κ2) is 6.46. The molecule has 0 N–H and O–H groups in total. The molecule has 0 unspecified atom stereocenters. The number of carbonyl (C=O) groups is 1. The predicted octanol–water partition coefficient (Wildman–Crippen LogP) is 2.63. The average molecular weight is 275 g/mol. The standard InChI is InChI=1S/C16H21NO3/c1-4-16(18)17(10-12-5-6-12)11-13-7-8-14(19-2)9-15(13)20-3/h4,7-9,12H,1,5-6,10-11H2,2-3H3. The fourth-order valence-corrected chi connectivity index (χ4v) is 2.16. The Morgan fingerprint density at radius 1 is 1.40 bits per heavy atom. The van der Waals surface area contributed by atoms with Gasteiger partial charge in [0.15, 0.2) is 0 Å². The molecule has 0 saturated heterocycles. The second-order valence-electron chi connectivity index (χ2n) is 5.04. The highest BCUT2D eigenvalue weighted by molar-refractivity contribution is 5.87. The summed E-state index contributed by atoms with van der Waals surface area (Å²) >= 11 is 0. The molecule has 0 aliphatic heterocycles. The number of ether oxygens (including phenoxy) is 2. The number of methoxy groups -OCH3 is 2. The van der Waals surface area contributed by atoms with Crippen LogP contribution in [0.5, 0.6) is 11.5 Å². The normalized spacial score (nSPS) is 13.7. The Balaban J connectivity index is 2.15.